The quantitative estimate of drug-likeness (QED) is 0.896. The summed E-state index contributed by atoms with van der Waals surface area (Å²) in [6.07, 6.45) is -4.52. The SMILES string of the molecule is CC(C)NC(=O)c1sc2nc(C(F)(F)F)ccc2c1N. The number of amides is 1. The third kappa shape index (κ3) is 2.69. The van der Waals surface area contributed by atoms with Crippen molar-refractivity contribution in [1.82, 2.24) is 10.3 Å². The van der Waals surface area contributed by atoms with E-state index >= 15 is 0 Å². The van der Waals surface area contributed by atoms with Crippen LogP contribution < -0.4 is 11.1 Å². The predicted octanol–water partition coefficient (Wildman–Crippen LogP) is 3.04. The Hall–Kier alpha value is -1.83. The van der Waals surface area contributed by atoms with Crippen LogP contribution in [0.5, 0.6) is 0 Å². The maximum absolute atomic E-state index is 12.6. The van der Waals surface area contributed by atoms with Gasteiger partial charge in [0.1, 0.15) is 15.4 Å². The van der Waals surface area contributed by atoms with Crippen LogP contribution in [0.25, 0.3) is 10.2 Å². The van der Waals surface area contributed by atoms with Gasteiger partial charge in [-0.2, -0.15) is 13.2 Å². The van der Waals surface area contributed by atoms with Gasteiger partial charge in [0.05, 0.1) is 5.69 Å². The van der Waals surface area contributed by atoms with Crippen LogP contribution in [0.4, 0.5) is 18.9 Å². The molecular formula is C12H12F3N3OS. The fourth-order valence-electron chi connectivity index (χ4n) is 1.65. The number of alkyl halides is 3. The van der Waals surface area contributed by atoms with Crippen LogP contribution in [0.15, 0.2) is 12.1 Å². The zero-order valence-corrected chi connectivity index (χ0v) is 11.5. The van der Waals surface area contributed by atoms with Gasteiger partial charge < -0.3 is 11.1 Å². The third-order valence-electron chi connectivity index (χ3n) is 2.51. The number of fused-ring (bicyclic) bond motifs is 1. The molecule has 8 heteroatoms. The van der Waals surface area contributed by atoms with Gasteiger partial charge in [-0.25, -0.2) is 4.98 Å². The number of thiophene rings is 1. The zero-order chi connectivity index (χ0) is 15.1. The van der Waals surface area contributed by atoms with Crippen LogP contribution in [0, 0.1) is 0 Å². The molecule has 2 heterocycles. The molecular weight excluding hydrogens is 291 g/mol. The van der Waals surface area contributed by atoms with Crippen LogP contribution >= 0.6 is 11.3 Å². The second kappa shape index (κ2) is 4.93. The largest absolute Gasteiger partial charge is 0.433 e. The molecule has 2 rings (SSSR count). The second-order valence-electron chi connectivity index (χ2n) is 4.52. The van der Waals surface area contributed by atoms with Crippen molar-refractivity contribution in [3.63, 3.8) is 0 Å². The summed E-state index contributed by atoms with van der Waals surface area (Å²) in [5.41, 5.74) is 4.96. The minimum atomic E-state index is -4.52. The van der Waals surface area contributed by atoms with Crippen molar-refractivity contribution >= 4 is 33.1 Å². The number of nitrogen functional groups attached to an aromatic ring is 1. The molecule has 1 amide bonds. The van der Waals surface area contributed by atoms with E-state index in [9.17, 15) is 18.0 Å². The lowest BCUT2D eigenvalue weighted by Gasteiger charge is -2.06. The van der Waals surface area contributed by atoms with Gasteiger partial charge >= 0.3 is 6.18 Å². The van der Waals surface area contributed by atoms with E-state index in [0.717, 1.165) is 17.4 Å². The Morgan fingerprint density at radius 1 is 1.40 bits per heavy atom. The van der Waals surface area contributed by atoms with Gasteiger partial charge in [0.15, 0.2) is 0 Å². The first-order chi connectivity index (χ1) is 9.20. The van der Waals surface area contributed by atoms with Gasteiger partial charge in [0, 0.05) is 11.4 Å². The maximum Gasteiger partial charge on any atom is 0.433 e. The van der Waals surface area contributed by atoms with E-state index < -0.39 is 17.8 Å². The molecule has 2 aromatic rings. The average Bonchev–Trinajstić information content (AvgIpc) is 2.64. The number of hydrogen-bond acceptors (Lipinski definition) is 4. The molecule has 0 radical (unpaired) electrons. The number of aromatic nitrogens is 1. The summed E-state index contributed by atoms with van der Waals surface area (Å²) in [6.45, 7) is 3.56. The number of carbonyl (C=O) groups excluding carboxylic acids is 1. The Balaban J connectivity index is 2.50. The molecule has 0 bridgehead atoms. The Labute approximate surface area is 116 Å². The molecule has 0 spiro atoms. The van der Waals surface area contributed by atoms with Crippen molar-refractivity contribution in [3.05, 3.63) is 22.7 Å². The number of halogens is 3. The number of pyridine rings is 1. The highest BCUT2D eigenvalue weighted by Gasteiger charge is 2.33. The lowest BCUT2D eigenvalue weighted by molar-refractivity contribution is -0.140. The number of anilines is 1. The molecule has 20 heavy (non-hydrogen) atoms. The first-order valence-electron chi connectivity index (χ1n) is 5.77. The lowest BCUT2D eigenvalue weighted by atomic mass is 10.2. The van der Waals surface area contributed by atoms with Crippen molar-refractivity contribution in [2.45, 2.75) is 26.1 Å². The summed E-state index contributed by atoms with van der Waals surface area (Å²) in [7, 11) is 0. The first kappa shape index (κ1) is 14.6. The van der Waals surface area contributed by atoms with Crippen LogP contribution in [-0.2, 0) is 6.18 Å². The molecule has 0 fully saturated rings. The van der Waals surface area contributed by atoms with E-state index in [2.05, 4.69) is 10.3 Å². The Morgan fingerprint density at radius 2 is 2.05 bits per heavy atom. The zero-order valence-electron chi connectivity index (χ0n) is 10.7. The molecule has 0 aromatic carbocycles. The number of carbonyl (C=O) groups is 1. The smallest absolute Gasteiger partial charge is 0.397 e. The minimum absolute atomic E-state index is 0.0918. The molecule has 3 N–H and O–H groups in total. The number of rotatable bonds is 2. The second-order valence-corrected chi connectivity index (χ2v) is 5.52. The van der Waals surface area contributed by atoms with Gasteiger partial charge in [-0.3, -0.25) is 4.79 Å². The van der Waals surface area contributed by atoms with Crippen molar-refractivity contribution in [1.29, 1.82) is 0 Å². The molecule has 108 valence electrons. The molecule has 0 saturated carbocycles. The van der Waals surface area contributed by atoms with E-state index in [4.69, 9.17) is 5.73 Å². The van der Waals surface area contributed by atoms with E-state index in [-0.39, 0.29) is 21.4 Å². The minimum Gasteiger partial charge on any atom is -0.397 e. The van der Waals surface area contributed by atoms with E-state index in [1.807, 2.05) is 0 Å². The third-order valence-corrected chi connectivity index (χ3v) is 3.62. The van der Waals surface area contributed by atoms with E-state index in [1.165, 1.54) is 6.07 Å². The van der Waals surface area contributed by atoms with Crippen LogP contribution in [0.3, 0.4) is 0 Å². The number of hydrogen-bond donors (Lipinski definition) is 2. The van der Waals surface area contributed by atoms with Crippen molar-refractivity contribution in [2.75, 3.05) is 5.73 Å². The Morgan fingerprint density at radius 3 is 2.60 bits per heavy atom. The molecule has 0 saturated heterocycles. The van der Waals surface area contributed by atoms with Crippen molar-refractivity contribution < 1.29 is 18.0 Å². The Kier molecular flexibility index (Phi) is 3.59. The summed E-state index contributed by atoms with van der Waals surface area (Å²) < 4.78 is 37.8. The van der Waals surface area contributed by atoms with Gasteiger partial charge in [0.2, 0.25) is 0 Å². The predicted molar refractivity (Wildman–Crippen MR) is 71.6 cm³/mol. The first-order valence-corrected chi connectivity index (χ1v) is 6.59. The highest BCUT2D eigenvalue weighted by molar-refractivity contribution is 7.21. The molecule has 0 aliphatic rings. The molecule has 0 aliphatic carbocycles. The normalized spacial score (nSPS) is 12.1. The van der Waals surface area contributed by atoms with E-state index in [0.29, 0.717) is 5.39 Å². The monoisotopic (exact) mass is 303 g/mol. The topological polar surface area (TPSA) is 68.0 Å². The summed E-state index contributed by atoms with van der Waals surface area (Å²) in [5, 5.41) is 3.01. The van der Waals surface area contributed by atoms with Crippen LogP contribution in [0.1, 0.15) is 29.2 Å². The lowest BCUT2D eigenvalue weighted by Crippen LogP contribution is -2.29. The van der Waals surface area contributed by atoms with Gasteiger partial charge in [-0.05, 0) is 26.0 Å². The van der Waals surface area contributed by atoms with Crippen LogP contribution in [-0.4, -0.2) is 16.9 Å². The Bertz CT molecular complexity index is 664. The molecule has 2 aromatic heterocycles. The van der Waals surface area contributed by atoms with Crippen LogP contribution in [0.2, 0.25) is 0 Å². The summed E-state index contributed by atoms with van der Waals surface area (Å²) in [4.78, 5) is 15.7. The molecule has 0 aliphatic heterocycles. The standard InChI is InChI=1S/C12H12F3N3OS/c1-5(2)17-10(19)9-8(16)6-3-4-7(12(13,14)15)18-11(6)20-9/h3-5H,16H2,1-2H3,(H,17,19). The van der Waals surface area contributed by atoms with Crippen molar-refractivity contribution in [3.8, 4) is 0 Å². The van der Waals surface area contributed by atoms with Gasteiger partial charge in [-0.15, -0.1) is 11.3 Å². The number of nitrogens with zero attached hydrogens (tertiary/aromatic N) is 1. The fourth-order valence-corrected chi connectivity index (χ4v) is 2.65. The summed E-state index contributed by atoms with van der Waals surface area (Å²) in [6, 6.07) is 2.00. The van der Waals surface area contributed by atoms with Gasteiger partial charge in [-0.1, -0.05) is 0 Å². The number of nitrogens with two attached hydrogens (primary N) is 1. The summed E-state index contributed by atoms with van der Waals surface area (Å²) in [5.74, 6) is -0.408. The molecule has 0 unspecified atom stereocenters. The highest BCUT2D eigenvalue weighted by atomic mass is 32.1. The molecule has 4 nitrogen and oxygen atoms in total. The highest BCUT2D eigenvalue weighted by Crippen LogP contribution is 2.35. The maximum atomic E-state index is 12.6. The fraction of sp³-hybridized carbons (Fsp3) is 0.333. The van der Waals surface area contributed by atoms with Crippen molar-refractivity contribution in [2.24, 2.45) is 0 Å². The summed E-state index contributed by atoms with van der Waals surface area (Å²) >= 11 is 0.856. The average molecular weight is 303 g/mol. The van der Waals surface area contributed by atoms with Gasteiger partial charge in [0.25, 0.3) is 5.91 Å². The number of nitrogens with one attached hydrogen (secondary N) is 1. The molecule has 0 atom stereocenters. The van der Waals surface area contributed by atoms with E-state index in [1.54, 1.807) is 13.8 Å².